The normalized spacial score (nSPS) is 9.43. The standard InChI is InChI=1S/C8H10N4O2/c9-7(10)12(8(11)14)5-2-1-3-6(13)4-5/h1-4,13H,(H3,9,10)(H2,11,14). The summed E-state index contributed by atoms with van der Waals surface area (Å²) in [4.78, 5) is 11.7. The average molecular weight is 194 g/mol. The highest BCUT2D eigenvalue weighted by Crippen LogP contribution is 2.19. The van der Waals surface area contributed by atoms with Crippen molar-refractivity contribution >= 4 is 17.7 Å². The van der Waals surface area contributed by atoms with E-state index in [0.29, 0.717) is 0 Å². The maximum Gasteiger partial charge on any atom is 0.326 e. The number of guanidine groups is 1. The molecule has 0 atom stereocenters. The predicted molar refractivity (Wildman–Crippen MR) is 52.1 cm³/mol. The van der Waals surface area contributed by atoms with Crippen LogP contribution in [0.5, 0.6) is 5.75 Å². The van der Waals surface area contributed by atoms with Gasteiger partial charge >= 0.3 is 6.03 Å². The number of nitrogens with two attached hydrogens (primary N) is 2. The van der Waals surface area contributed by atoms with Gasteiger partial charge < -0.3 is 16.6 Å². The molecular weight excluding hydrogens is 184 g/mol. The highest BCUT2D eigenvalue weighted by atomic mass is 16.3. The van der Waals surface area contributed by atoms with Gasteiger partial charge in [-0.1, -0.05) is 6.07 Å². The Kier molecular flexibility index (Phi) is 2.57. The number of benzene rings is 1. The van der Waals surface area contributed by atoms with Crippen LogP contribution in [0.25, 0.3) is 0 Å². The lowest BCUT2D eigenvalue weighted by Crippen LogP contribution is -2.44. The largest absolute Gasteiger partial charge is 0.508 e. The van der Waals surface area contributed by atoms with E-state index in [0.717, 1.165) is 4.90 Å². The van der Waals surface area contributed by atoms with Crippen molar-refractivity contribution in [3.05, 3.63) is 24.3 Å². The summed E-state index contributed by atoms with van der Waals surface area (Å²) in [6.45, 7) is 0. The summed E-state index contributed by atoms with van der Waals surface area (Å²) in [5, 5.41) is 16.2. The SMILES string of the molecule is N=C(N)N(C(N)=O)c1cccc(O)c1. The zero-order valence-corrected chi connectivity index (χ0v) is 7.27. The number of primary amides is 1. The molecule has 0 radical (unpaired) electrons. The fraction of sp³-hybridized carbons (Fsp3) is 0. The van der Waals surface area contributed by atoms with E-state index in [-0.39, 0.29) is 11.4 Å². The van der Waals surface area contributed by atoms with Crippen molar-refractivity contribution < 1.29 is 9.90 Å². The lowest BCUT2D eigenvalue weighted by atomic mass is 10.3. The molecule has 0 aliphatic carbocycles. The van der Waals surface area contributed by atoms with Crippen LogP contribution in [0, 0.1) is 5.41 Å². The van der Waals surface area contributed by atoms with E-state index in [4.69, 9.17) is 22.0 Å². The smallest absolute Gasteiger partial charge is 0.326 e. The number of nitrogens with one attached hydrogen (secondary N) is 1. The molecule has 0 bridgehead atoms. The third kappa shape index (κ3) is 1.92. The molecule has 0 fully saturated rings. The summed E-state index contributed by atoms with van der Waals surface area (Å²) >= 11 is 0. The Morgan fingerprint density at radius 2 is 2.07 bits per heavy atom. The zero-order chi connectivity index (χ0) is 10.7. The Bertz CT molecular complexity index is 363. The first-order valence-corrected chi connectivity index (χ1v) is 3.75. The van der Waals surface area contributed by atoms with Gasteiger partial charge in [0, 0.05) is 6.07 Å². The van der Waals surface area contributed by atoms with Gasteiger partial charge in [-0.2, -0.15) is 0 Å². The van der Waals surface area contributed by atoms with Crippen molar-refractivity contribution in [2.45, 2.75) is 0 Å². The van der Waals surface area contributed by atoms with Gasteiger partial charge in [0.2, 0.25) is 5.96 Å². The van der Waals surface area contributed by atoms with E-state index in [9.17, 15) is 4.79 Å². The molecule has 74 valence electrons. The fourth-order valence-electron chi connectivity index (χ4n) is 1.02. The molecule has 0 heterocycles. The summed E-state index contributed by atoms with van der Waals surface area (Å²) in [5.41, 5.74) is 10.4. The van der Waals surface area contributed by atoms with Crippen molar-refractivity contribution in [3.8, 4) is 5.75 Å². The molecule has 2 amide bonds. The second-order valence-electron chi connectivity index (χ2n) is 2.58. The summed E-state index contributed by atoms with van der Waals surface area (Å²) in [5.74, 6) is -0.530. The second-order valence-corrected chi connectivity index (χ2v) is 2.58. The van der Waals surface area contributed by atoms with Crippen molar-refractivity contribution in [1.29, 1.82) is 5.41 Å². The third-order valence-electron chi connectivity index (χ3n) is 1.55. The Balaban J connectivity index is 3.12. The highest BCUT2D eigenvalue weighted by molar-refractivity contribution is 6.13. The Labute approximate surface area is 80.2 Å². The van der Waals surface area contributed by atoms with Crippen LogP contribution in [0.15, 0.2) is 24.3 Å². The molecule has 6 heteroatoms. The number of carbonyl (C=O) groups excluding carboxylic acids is 1. The van der Waals surface area contributed by atoms with Gasteiger partial charge in [-0.3, -0.25) is 5.41 Å². The van der Waals surface area contributed by atoms with E-state index in [1.807, 2.05) is 0 Å². The first-order chi connectivity index (χ1) is 6.52. The lowest BCUT2D eigenvalue weighted by Gasteiger charge is -2.17. The van der Waals surface area contributed by atoms with E-state index in [2.05, 4.69) is 0 Å². The number of aromatic hydroxyl groups is 1. The van der Waals surface area contributed by atoms with E-state index in [1.54, 1.807) is 0 Å². The summed E-state index contributed by atoms with van der Waals surface area (Å²) in [6, 6.07) is 4.87. The van der Waals surface area contributed by atoms with Crippen LogP contribution in [0.1, 0.15) is 0 Å². The van der Waals surface area contributed by atoms with Crippen LogP contribution in [-0.2, 0) is 0 Å². The summed E-state index contributed by atoms with van der Waals surface area (Å²) in [7, 11) is 0. The molecule has 1 aromatic rings. The monoisotopic (exact) mass is 194 g/mol. The number of hydrogen-bond acceptors (Lipinski definition) is 3. The van der Waals surface area contributed by atoms with Crippen LogP contribution in [0.3, 0.4) is 0 Å². The number of rotatable bonds is 1. The van der Waals surface area contributed by atoms with Crippen LogP contribution in [-0.4, -0.2) is 17.1 Å². The van der Waals surface area contributed by atoms with Crippen LogP contribution >= 0.6 is 0 Å². The average Bonchev–Trinajstić information content (AvgIpc) is 2.02. The fourth-order valence-corrected chi connectivity index (χ4v) is 1.02. The van der Waals surface area contributed by atoms with Crippen molar-refractivity contribution in [3.63, 3.8) is 0 Å². The number of nitrogens with zero attached hydrogens (tertiary/aromatic N) is 1. The van der Waals surface area contributed by atoms with Gasteiger partial charge in [0.05, 0.1) is 5.69 Å². The zero-order valence-electron chi connectivity index (χ0n) is 7.27. The van der Waals surface area contributed by atoms with Crippen molar-refractivity contribution in [1.82, 2.24) is 0 Å². The van der Waals surface area contributed by atoms with Crippen molar-refractivity contribution in [2.24, 2.45) is 11.5 Å². The maximum atomic E-state index is 10.9. The van der Waals surface area contributed by atoms with Gasteiger partial charge in [0.25, 0.3) is 0 Å². The molecule has 0 aliphatic rings. The number of phenolic OH excluding ortho intramolecular Hbond substituents is 1. The van der Waals surface area contributed by atoms with E-state index < -0.39 is 12.0 Å². The van der Waals surface area contributed by atoms with E-state index >= 15 is 0 Å². The molecule has 1 aromatic carbocycles. The van der Waals surface area contributed by atoms with Crippen LogP contribution in [0.2, 0.25) is 0 Å². The Morgan fingerprint density at radius 1 is 1.43 bits per heavy atom. The Morgan fingerprint density at radius 3 is 2.50 bits per heavy atom. The molecular formula is C8H10N4O2. The summed E-state index contributed by atoms with van der Waals surface area (Å²) < 4.78 is 0. The molecule has 0 spiro atoms. The number of hydrogen-bond donors (Lipinski definition) is 4. The quantitative estimate of drug-likeness (QED) is 0.377. The molecule has 0 unspecified atom stereocenters. The predicted octanol–water partition coefficient (Wildman–Crippen LogP) is 0.171. The molecule has 1 rings (SSSR count). The van der Waals surface area contributed by atoms with Gasteiger partial charge in [0.1, 0.15) is 5.75 Å². The minimum atomic E-state index is -0.872. The highest BCUT2D eigenvalue weighted by Gasteiger charge is 2.15. The maximum absolute atomic E-state index is 10.9. The van der Waals surface area contributed by atoms with Gasteiger partial charge in [-0.15, -0.1) is 0 Å². The minimum Gasteiger partial charge on any atom is -0.508 e. The Hall–Kier alpha value is -2.24. The number of urea groups is 1. The van der Waals surface area contributed by atoms with Gasteiger partial charge in [0.15, 0.2) is 0 Å². The molecule has 0 saturated heterocycles. The number of phenols is 1. The molecule has 0 aliphatic heterocycles. The molecule has 0 aromatic heterocycles. The first kappa shape index (κ1) is 9.85. The van der Waals surface area contributed by atoms with Crippen LogP contribution in [0.4, 0.5) is 10.5 Å². The van der Waals surface area contributed by atoms with Gasteiger partial charge in [-0.25, -0.2) is 9.69 Å². The third-order valence-corrected chi connectivity index (χ3v) is 1.55. The number of carbonyl (C=O) groups is 1. The molecule has 6 N–H and O–H groups in total. The molecule has 14 heavy (non-hydrogen) atoms. The molecule has 6 nitrogen and oxygen atoms in total. The first-order valence-electron chi connectivity index (χ1n) is 3.75. The topological polar surface area (TPSA) is 116 Å². The lowest BCUT2D eigenvalue weighted by molar-refractivity contribution is 0.256. The van der Waals surface area contributed by atoms with Crippen molar-refractivity contribution in [2.75, 3.05) is 4.90 Å². The molecule has 0 saturated carbocycles. The number of amides is 2. The summed E-state index contributed by atoms with van der Waals surface area (Å²) in [6.07, 6.45) is 0. The number of anilines is 1. The van der Waals surface area contributed by atoms with Gasteiger partial charge in [-0.05, 0) is 12.1 Å². The van der Waals surface area contributed by atoms with E-state index in [1.165, 1.54) is 24.3 Å². The minimum absolute atomic E-state index is 0.0324. The van der Waals surface area contributed by atoms with Crippen LogP contribution < -0.4 is 16.4 Å². The second kappa shape index (κ2) is 3.65.